The van der Waals surface area contributed by atoms with Crippen LogP contribution in [0.25, 0.3) is 10.9 Å². The number of rotatable bonds is 3. The van der Waals surface area contributed by atoms with Crippen LogP contribution in [0.1, 0.15) is 46.8 Å². The van der Waals surface area contributed by atoms with Crippen LogP contribution in [0.2, 0.25) is 0 Å². The van der Waals surface area contributed by atoms with E-state index in [1.807, 2.05) is 12.1 Å². The molecule has 1 aliphatic rings. The second-order valence-corrected chi connectivity index (χ2v) is 5.21. The zero-order valence-corrected chi connectivity index (χ0v) is 10.8. The lowest BCUT2D eigenvalue weighted by molar-refractivity contribution is 0.100. The van der Waals surface area contributed by atoms with Gasteiger partial charge in [-0.3, -0.25) is 4.79 Å². The monoisotopic (exact) mass is 258 g/mol. The van der Waals surface area contributed by atoms with Crippen LogP contribution in [0.4, 0.5) is 0 Å². The van der Waals surface area contributed by atoms with E-state index in [4.69, 9.17) is 5.73 Å². The summed E-state index contributed by atoms with van der Waals surface area (Å²) in [5.41, 5.74) is 9.45. The molecule has 1 aromatic heterocycles. The van der Waals surface area contributed by atoms with Gasteiger partial charge in [0.2, 0.25) is 5.91 Å². The molecule has 19 heavy (non-hydrogen) atoms. The minimum atomic E-state index is -0.378. The van der Waals surface area contributed by atoms with Gasteiger partial charge in [0.05, 0.1) is 0 Å². The van der Waals surface area contributed by atoms with E-state index in [9.17, 15) is 9.90 Å². The number of amides is 1. The zero-order valence-electron chi connectivity index (χ0n) is 10.8. The summed E-state index contributed by atoms with van der Waals surface area (Å²) >= 11 is 0. The Hall–Kier alpha value is -1.81. The van der Waals surface area contributed by atoms with Gasteiger partial charge in [0, 0.05) is 34.7 Å². The highest BCUT2D eigenvalue weighted by atomic mass is 16.3. The first-order chi connectivity index (χ1) is 9.22. The molecule has 1 aliphatic carbocycles. The van der Waals surface area contributed by atoms with E-state index in [2.05, 4.69) is 4.98 Å². The molecule has 2 aromatic rings. The topological polar surface area (TPSA) is 79.1 Å². The number of aryl methyl sites for hydroxylation is 1. The number of carbonyl (C=O) groups is 1. The molecule has 100 valence electrons. The molecule has 0 saturated heterocycles. The molecule has 3 rings (SSSR count). The number of hydrogen-bond donors (Lipinski definition) is 3. The molecule has 0 radical (unpaired) electrons. The number of benzene rings is 1. The number of fused-ring (bicyclic) bond motifs is 3. The summed E-state index contributed by atoms with van der Waals surface area (Å²) in [7, 11) is 0. The van der Waals surface area contributed by atoms with Crippen molar-refractivity contribution in [2.24, 2.45) is 5.73 Å². The number of aliphatic hydroxyl groups excluding tert-OH is 1. The highest BCUT2D eigenvalue weighted by Gasteiger charge is 2.25. The fourth-order valence-corrected chi connectivity index (χ4v) is 3.26. The summed E-state index contributed by atoms with van der Waals surface area (Å²) < 4.78 is 0. The standard InChI is InChI=1S/C15H18N2O2/c16-15(19)11-5-2-6-12-13(11)10-4-1-3-9(7-8-18)14(10)17-12/h2,5-6,9,17-18H,1,3-4,7-8H2,(H2,16,19). The van der Waals surface area contributed by atoms with E-state index in [-0.39, 0.29) is 12.5 Å². The van der Waals surface area contributed by atoms with Crippen LogP contribution in [0.15, 0.2) is 18.2 Å². The van der Waals surface area contributed by atoms with Crippen molar-refractivity contribution >= 4 is 16.8 Å². The van der Waals surface area contributed by atoms with Gasteiger partial charge in [-0.15, -0.1) is 0 Å². The molecular weight excluding hydrogens is 240 g/mol. The SMILES string of the molecule is NC(=O)c1cccc2[nH]c3c(c12)CCCC3CCO. The van der Waals surface area contributed by atoms with Crippen LogP contribution in [0, 0.1) is 0 Å². The third kappa shape index (κ3) is 1.92. The average Bonchev–Trinajstić information content (AvgIpc) is 2.78. The minimum Gasteiger partial charge on any atom is -0.396 e. The second-order valence-electron chi connectivity index (χ2n) is 5.21. The van der Waals surface area contributed by atoms with Gasteiger partial charge in [-0.2, -0.15) is 0 Å². The predicted molar refractivity (Wildman–Crippen MR) is 74.2 cm³/mol. The van der Waals surface area contributed by atoms with Gasteiger partial charge >= 0.3 is 0 Å². The first kappa shape index (κ1) is 12.2. The molecule has 0 fully saturated rings. The third-order valence-corrected chi connectivity index (χ3v) is 4.09. The van der Waals surface area contributed by atoms with Crippen LogP contribution >= 0.6 is 0 Å². The highest BCUT2D eigenvalue weighted by Crippen LogP contribution is 2.38. The van der Waals surface area contributed by atoms with Gasteiger partial charge in [0.15, 0.2) is 0 Å². The summed E-state index contributed by atoms with van der Waals surface area (Å²) in [5.74, 6) is -0.0152. The number of hydrogen-bond acceptors (Lipinski definition) is 2. The Morgan fingerprint density at radius 3 is 3.05 bits per heavy atom. The quantitative estimate of drug-likeness (QED) is 0.788. The van der Waals surface area contributed by atoms with Crippen molar-refractivity contribution < 1.29 is 9.90 Å². The van der Waals surface area contributed by atoms with Crippen LogP contribution in [-0.2, 0) is 6.42 Å². The Kier molecular flexibility index (Phi) is 3.03. The van der Waals surface area contributed by atoms with Crippen LogP contribution < -0.4 is 5.73 Å². The van der Waals surface area contributed by atoms with Gasteiger partial charge in [-0.05, 0) is 43.4 Å². The Labute approximate surface area is 111 Å². The molecule has 4 heteroatoms. The molecule has 4 N–H and O–H groups in total. The van der Waals surface area contributed by atoms with E-state index >= 15 is 0 Å². The van der Waals surface area contributed by atoms with Crippen molar-refractivity contribution in [2.45, 2.75) is 31.6 Å². The molecule has 4 nitrogen and oxygen atoms in total. The molecule has 1 heterocycles. The smallest absolute Gasteiger partial charge is 0.249 e. The summed E-state index contributed by atoms with van der Waals surface area (Å²) in [5, 5.41) is 10.2. The fourth-order valence-electron chi connectivity index (χ4n) is 3.26. The molecule has 0 bridgehead atoms. The summed E-state index contributed by atoms with van der Waals surface area (Å²) in [6.45, 7) is 0.197. The van der Waals surface area contributed by atoms with Crippen LogP contribution in [0.3, 0.4) is 0 Å². The zero-order chi connectivity index (χ0) is 13.4. The van der Waals surface area contributed by atoms with E-state index < -0.39 is 0 Å². The number of nitrogens with one attached hydrogen (secondary N) is 1. The Morgan fingerprint density at radius 2 is 2.32 bits per heavy atom. The first-order valence-corrected chi connectivity index (χ1v) is 6.76. The van der Waals surface area contributed by atoms with Crippen molar-refractivity contribution in [1.29, 1.82) is 0 Å². The number of nitrogens with two attached hydrogens (primary N) is 1. The van der Waals surface area contributed by atoms with Gasteiger partial charge in [0.1, 0.15) is 0 Å². The molecule has 1 amide bonds. The Balaban J connectivity index is 2.22. The van der Waals surface area contributed by atoms with Gasteiger partial charge < -0.3 is 15.8 Å². The van der Waals surface area contributed by atoms with Crippen molar-refractivity contribution in [3.05, 3.63) is 35.0 Å². The first-order valence-electron chi connectivity index (χ1n) is 6.76. The second kappa shape index (κ2) is 4.70. The van der Waals surface area contributed by atoms with E-state index in [0.29, 0.717) is 11.5 Å². The Morgan fingerprint density at radius 1 is 1.47 bits per heavy atom. The molecule has 1 atom stereocenters. The van der Waals surface area contributed by atoms with E-state index in [0.717, 1.165) is 36.6 Å². The third-order valence-electron chi connectivity index (χ3n) is 4.09. The lowest BCUT2D eigenvalue weighted by Crippen LogP contribution is -2.13. The van der Waals surface area contributed by atoms with Crippen molar-refractivity contribution in [1.82, 2.24) is 4.98 Å². The molecular formula is C15H18N2O2. The van der Waals surface area contributed by atoms with E-state index in [1.165, 1.54) is 11.3 Å². The molecule has 1 aromatic carbocycles. The van der Waals surface area contributed by atoms with Gasteiger partial charge in [0.25, 0.3) is 0 Å². The van der Waals surface area contributed by atoms with Crippen molar-refractivity contribution in [3.63, 3.8) is 0 Å². The van der Waals surface area contributed by atoms with E-state index in [1.54, 1.807) is 6.07 Å². The molecule has 0 saturated carbocycles. The maximum atomic E-state index is 11.6. The predicted octanol–water partition coefficient (Wildman–Crippen LogP) is 2.07. The number of aromatic nitrogens is 1. The lowest BCUT2D eigenvalue weighted by atomic mass is 9.84. The molecule has 0 spiro atoms. The van der Waals surface area contributed by atoms with Gasteiger partial charge in [-0.25, -0.2) is 0 Å². The normalized spacial score (nSPS) is 18.5. The summed E-state index contributed by atoms with van der Waals surface area (Å²) in [6.07, 6.45) is 3.93. The summed E-state index contributed by atoms with van der Waals surface area (Å²) in [4.78, 5) is 15.0. The number of aromatic amines is 1. The number of aliphatic hydroxyl groups is 1. The maximum absolute atomic E-state index is 11.6. The van der Waals surface area contributed by atoms with Crippen molar-refractivity contribution in [3.8, 4) is 0 Å². The number of carbonyl (C=O) groups excluding carboxylic acids is 1. The van der Waals surface area contributed by atoms with Crippen LogP contribution in [-0.4, -0.2) is 22.6 Å². The lowest BCUT2D eigenvalue weighted by Gasteiger charge is -2.22. The van der Waals surface area contributed by atoms with Gasteiger partial charge in [-0.1, -0.05) is 6.07 Å². The van der Waals surface area contributed by atoms with Crippen molar-refractivity contribution in [2.75, 3.05) is 6.61 Å². The summed E-state index contributed by atoms with van der Waals surface area (Å²) in [6, 6.07) is 5.62. The number of primary amides is 1. The Bertz CT molecular complexity index is 630. The average molecular weight is 258 g/mol. The molecule has 0 aliphatic heterocycles. The highest BCUT2D eigenvalue weighted by molar-refractivity contribution is 6.07. The van der Waals surface area contributed by atoms with Crippen LogP contribution in [0.5, 0.6) is 0 Å². The maximum Gasteiger partial charge on any atom is 0.249 e. The minimum absolute atomic E-state index is 0.197. The fraction of sp³-hybridized carbons (Fsp3) is 0.400. The number of H-pyrrole nitrogens is 1. The molecule has 1 unspecified atom stereocenters. The largest absolute Gasteiger partial charge is 0.396 e.